The zero-order chi connectivity index (χ0) is 18.8. The summed E-state index contributed by atoms with van der Waals surface area (Å²) in [4.78, 5) is 14.2. The number of carbonyl (C=O) groups excluding carboxylic acids is 1. The summed E-state index contributed by atoms with van der Waals surface area (Å²) >= 11 is 3.20. The van der Waals surface area contributed by atoms with Gasteiger partial charge in [0, 0.05) is 34.6 Å². The SMILES string of the molecule is Cc1cc(C(=O)CSc2nnc3ccccn23)c(C)n1CCc1cccs1. The van der Waals surface area contributed by atoms with E-state index in [1.165, 1.54) is 16.6 Å². The van der Waals surface area contributed by atoms with Crippen LogP contribution in [0.2, 0.25) is 0 Å². The number of thiophene rings is 1. The molecule has 4 aromatic rings. The maximum Gasteiger partial charge on any atom is 0.196 e. The van der Waals surface area contributed by atoms with Crippen LogP contribution >= 0.6 is 23.1 Å². The Kier molecular flexibility index (Phi) is 5.13. The largest absolute Gasteiger partial charge is 0.348 e. The van der Waals surface area contributed by atoms with Crippen molar-refractivity contribution >= 4 is 34.5 Å². The number of pyridine rings is 1. The minimum absolute atomic E-state index is 0.128. The summed E-state index contributed by atoms with van der Waals surface area (Å²) in [5.74, 6) is 0.480. The summed E-state index contributed by atoms with van der Waals surface area (Å²) in [7, 11) is 0. The summed E-state index contributed by atoms with van der Waals surface area (Å²) in [6.45, 7) is 5.00. The van der Waals surface area contributed by atoms with Crippen LogP contribution in [0.25, 0.3) is 5.65 Å². The lowest BCUT2D eigenvalue weighted by Crippen LogP contribution is -2.08. The van der Waals surface area contributed by atoms with Gasteiger partial charge in [0.15, 0.2) is 16.6 Å². The van der Waals surface area contributed by atoms with Gasteiger partial charge in [0.25, 0.3) is 0 Å². The molecule has 138 valence electrons. The third kappa shape index (κ3) is 3.70. The minimum Gasteiger partial charge on any atom is -0.348 e. The number of nitrogens with zero attached hydrogens (tertiary/aromatic N) is 4. The molecule has 0 saturated carbocycles. The van der Waals surface area contributed by atoms with E-state index in [0.29, 0.717) is 5.75 Å². The van der Waals surface area contributed by atoms with Gasteiger partial charge in [-0.3, -0.25) is 9.20 Å². The van der Waals surface area contributed by atoms with E-state index < -0.39 is 0 Å². The number of rotatable bonds is 7. The molecule has 0 radical (unpaired) electrons. The fourth-order valence-corrected chi connectivity index (χ4v) is 4.74. The van der Waals surface area contributed by atoms with Crippen LogP contribution in [-0.2, 0) is 13.0 Å². The van der Waals surface area contributed by atoms with E-state index in [-0.39, 0.29) is 5.78 Å². The lowest BCUT2D eigenvalue weighted by atomic mass is 10.2. The predicted molar refractivity (Wildman–Crippen MR) is 110 cm³/mol. The van der Waals surface area contributed by atoms with Crippen LogP contribution < -0.4 is 0 Å². The second-order valence-electron chi connectivity index (χ2n) is 6.39. The fraction of sp³-hybridized carbons (Fsp3) is 0.250. The van der Waals surface area contributed by atoms with Crippen LogP contribution in [0.5, 0.6) is 0 Å². The number of fused-ring (bicyclic) bond motifs is 1. The number of ketones is 1. The van der Waals surface area contributed by atoms with Crippen molar-refractivity contribution in [2.24, 2.45) is 0 Å². The van der Waals surface area contributed by atoms with Crippen LogP contribution in [0.15, 0.2) is 53.1 Å². The van der Waals surface area contributed by atoms with Crippen molar-refractivity contribution in [1.29, 1.82) is 0 Å². The Labute approximate surface area is 166 Å². The van der Waals surface area contributed by atoms with E-state index >= 15 is 0 Å². The molecule has 5 nitrogen and oxygen atoms in total. The molecule has 4 heterocycles. The van der Waals surface area contributed by atoms with Gasteiger partial charge in [0.1, 0.15) is 0 Å². The van der Waals surface area contributed by atoms with Crippen molar-refractivity contribution in [3.63, 3.8) is 0 Å². The van der Waals surface area contributed by atoms with Gasteiger partial charge < -0.3 is 4.57 Å². The first kappa shape index (κ1) is 18.0. The molecule has 27 heavy (non-hydrogen) atoms. The predicted octanol–water partition coefficient (Wildman–Crippen LogP) is 4.43. The second-order valence-corrected chi connectivity index (χ2v) is 8.36. The molecule has 0 aliphatic heterocycles. The smallest absolute Gasteiger partial charge is 0.196 e. The highest BCUT2D eigenvalue weighted by Crippen LogP contribution is 2.22. The van der Waals surface area contributed by atoms with Gasteiger partial charge in [-0.15, -0.1) is 21.5 Å². The van der Waals surface area contributed by atoms with E-state index in [9.17, 15) is 4.79 Å². The zero-order valence-corrected chi connectivity index (χ0v) is 16.9. The third-order valence-corrected chi connectivity index (χ3v) is 6.53. The molecular formula is C20H20N4OS2. The Balaban J connectivity index is 1.46. The van der Waals surface area contributed by atoms with Crippen LogP contribution in [0.3, 0.4) is 0 Å². The van der Waals surface area contributed by atoms with Crippen molar-refractivity contribution in [2.75, 3.05) is 5.75 Å². The topological polar surface area (TPSA) is 52.2 Å². The van der Waals surface area contributed by atoms with Crippen LogP contribution in [-0.4, -0.2) is 30.7 Å². The monoisotopic (exact) mass is 396 g/mol. The molecule has 0 bridgehead atoms. The normalized spacial score (nSPS) is 11.3. The summed E-state index contributed by atoms with van der Waals surface area (Å²) < 4.78 is 4.15. The number of thioether (sulfide) groups is 1. The van der Waals surface area contributed by atoms with Gasteiger partial charge in [0.05, 0.1) is 5.75 Å². The van der Waals surface area contributed by atoms with Gasteiger partial charge in [-0.2, -0.15) is 0 Å². The standard InChI is InChI=1S/C20H20N4OS2/c1-14-12-17(15(2)23(14)10-8-16-6-5-11-26-16)18(25)13-27-20-22-21-19-7-3-4-9-24(19)20/h3-7,9,11-12H,8,10,13H2,1-2H3. The molecule has 7 heteroatoms. The van der Waals surface area contributed by atoms with Crippen LogP contribution in [0, 0.1) is 13.8 Å². The van der Waals surface area contributed by atoms with Gasteiger partial charge in [-0.1, -0.05) is 23.9 Å². The molecule has 0 fully saturated rings. The first-order valence-corrected chi connectivity index (χ1v) is 10.6. The van der Waals surface area contributed by atoms with Crippen molar-refractivity contribution in [2.45, 2.75) is 32.0 Å². The van der Waals surface area contributed by atoms with E-state index in [2.05, 4.69) is 39.2 Å². The maximum atomic E-state index is 12.8. The molecule has 4 rings (SSSR count). The number of hydrogen-bond donors (Lipinski definition) is 0. The molecule has 0 aliphatic rings. The molecule has 0 aromatic carbocycles. The molecule has 0 spiro atoms. The summed E-state index contributed by atoms with van der Waals surface area (Å²) in [5, 5.41) is 11.2. The lowest BCUT2D eigenvalue weighted by Gasteiger charge is -2.09. The Hall–Kier alpha value is -2.38. The number of aromatic nitrogens is 4. The summed E-state index contributed by atoms with van der Waals surface area (Å²) in [6.07, 6.45) is 2.90. The number of aryl methyl sites for hydroxylation is 2. The van der Waals surface area contributed by atoms with Gasteiger partial charge >= 0.3 is 0 Å². The molecule has 0 atom stereocenters. The maximum absolute atomic E-state index is 12.8. The summed E-state index contributed by atoms with van der Waals surface area (Å²) in [6, 6.07) is 12.0. The van der Waals surface area contributed by atoms with Crippen molar-refractivity contribution in [1.82, 2.24) is 19.2 Å². The molecular weight excluding hydrogens is 376 g/mol. The van der Waals surface area contributed by atoms with Gasteiger partial charge in [-0.25, -0.2) is 0 Å². The molecule has 0 N–H and O–H groups in total. The Morgan fingerprint density at radius 1 is 1.19 bits per heavy atom. The fourth-order valence-electron chi connectivity index (χ4n) is 3.23. The van der Waals surface area contributed by atoms with E-state index in [4.69, 9.17) is 0 Å². The Bertz CT molecular complexity index is 1080. The van der Waals surface area contributed by atoms with E-state index in [0.717, 1.165) is 40.7 Å². The van der Waals surface area contributed by atoms with Crippen molar-refractivity contribution in [3.8, 4) is 0 Å². The highest BCUT2D eigenvalue weighted by Gasteiger charge is 2.17. The first-order chi connectivity index (χ1) is 13.1. The van der Waals surface area contributed by atoms with Gasteiger partial charge in [0.2, 0.25) is 0 Å². The highest BCUT2D eigenvalue weighted by atomic mass is 32.2. The molecule has 0 amide bonds. The minimum atomic E-state index is 0.128. The van der Waals surface area contributed by atoms with Crippen LogP contribution in [0.4, 0.5) is 0 Å². The molecule has 0 unspecified atom stereocenters. The van der Waals surface area contributed by atoms with Crippen molar-refractivity contribution < 1.29 is 4.79 Å². The molecule has 4 aromatic heterocycles. The Morgan fingerprint density at radius 3 is 2.89 bits per heavy atom. The van der Waals surface area contributed by atoms with Crippen molar-refractivity contribution in [3.05, 3.63) is 69.8 Å². The van der Waals surface area contributed by atoms with E-state index in [1.54, 1.807) is 11.3 Å². The van der Waals surface area contributed by atoms with Gasteiger partial charge in [-0.05, 0) is 49.9 Å². The average molecular weight is 397 g/mol. The molecule has 0 aliphatic carbocycles. The third-order valence-electron chi connectivity index (χ3n) is 4.65. The molecule has 0 saturated heterocycles. The number of carbonyl (C=O) groups is 1. The Morgan fingerprint density at radius 2 is 2.07 bits per heavy atom. The quantitative estimate of drug-likeness (QED) is 0.343. The first-order valence-electron chi connectivity index (χ1n) is 8.78. The average Bonchev–Trinajstić information content (AvgIpc) is 3.39. The van der Waals surface area contributed by atoms with E-state index in [1.807, 2.05) is 41.8 Å². The second kappa shape index (κ2) is 7.70. The highest BCUT2D eigenvalue weighted by molar-refractivity contribution is 7.99. The number of hydrogen-bond acceptors (Lipinski definition) is 5. The van der Waals surface area contributed by atoms with Crippen LogP contribution in [0.1, 0.15) is 26.6 Å². The number of Topliss-reactive ketones (excluding diaryl/α,β-unsaturated/α-hetero) is 1. The zero-order valence-electron chi connectivity index (χ0n) is 15.3. The summed E-state index contributed by atoms with van der Waals surface area (Å²) in [5.41, 5.74) is 3.77. The lowest BCUT2D eigenvalue weighted by molar-refractivity contribution is 0.102.